The lowest BCUT2D eigenvalue weighted by atomic mass is 10.1. The van der Waals surface area contributed by atoms with E-state index in [0.717, 1.165) is 18.7 Å². The SMILES string of the molecule is CC(=O)c1cccc(/N=C2/S/C(=C\N3CCc4ccccc43)C(=O)N2Cc2ccco2)c1. The number of ketones is 1. The number of Topliss-reactive ketones (excluding diaryl/α,β-unsaturated/α-hetero) is 1. The number of aliphatic imine (C=N–C) groups is 1. The number of furan rings is 1. The summed E-state index contributed by atoms with van der Waals surface area (Å²) in [5.41, 5.74) is 3.63. The van der Waals surface area contributed by atoms with Crippen molar-refractivity contribution in [3.63, 3.8) is 0 Å². The normalized spacial score (nSPS) is 18.1. The third-order valence-corrected chi connectivity index (χ3v) is 6.45. The zero-order valence-corrected chi connectivity index (χ0v) is 18.3. The van der Waals surface area contributed by atoms with Gasteiger partial charge in [0.25, 0.3) is 5.91 Å². The predicted octanol–water partition coefficient (Wildman–Crippen LogP) is 5.15. The quantitative estimate of drug-likeness (QED) is 0.403. The number of amides is 1. The summed E-state index contributed by atoms with van der Waals surface area (Å²) in [7, 11) is 0. The van der Waals surface area contributed by atoms with Crippen LogP contribution in [0, 0.1) is 0 Å². The van der Waals surface area contributed by atoms with Crippen molar-refractivity contribution in [2.24, 2.45) is 4.99 Å². The summed E-state index contributed by atoms with van der Waals surface area (Å²) < 4.78 is 5.48. The molecule has 1 fully saturated rings. The number of carbonyl (C=O) groups excluding carboxylic acids is 2. The highest BCUT2D eigenvalue weighted by molar-refractivity contribution is 8.18. The Morgan fingerprint density at radius 1 is 1.16 bits per heavy atom. The second-order valence-electron chi connectivity index (χ2n) is 7.64. The molecule has 7 heteroatoms. The Morgan fingerprint density at radius 3 is 2.84 bits per heavy atom. The first-order chi connectivity index (χ1) is 15.6. The molecule has 0 spiro atoms. The zero-order valence-electron chi connectivity index (χ0n) is 17.5. The molecule has 2 aliphatic rings. The van der Waals surface area contributed by atoms with Crippen molar-refractivity contribution < 1.29 is 14.0 Å². The van der Waals surface area contributed by atoms with Gasteiger partial charge in [-0.25, -0.2) is 4.99 Å². The highest BCUT2D eigenvalue weighted by Gasteiger charge is 2.35. The zero-order chi connectivity index (χ0) is 22.1. The molecule has 3 aromatic rings. The van der Waals surface area contributed by atoms with Crippen LogP contribution in [0.25, 0.3) is 0 Å². The van der Waals surface area contributed by atoms with E-state index in [9.17, 15) is 9.59 Å². The Labute approximate surface area is 190 Å². The molecule has 0 unspecified atom stereocenters. The van der Waals surface area contributed by atoms with Crippen LogP contribution >= 0.6 is 11.8 Å². The van der Waals surface area contributed by atoms with Crippen molar-refractivity contribution in [2.45, 2.75) is 19.9 Å². The van der Waals surface area contributed by atoms with Crippen LogP contribution in [0.2, 0.25) is 0 Å². The van der Waals surface area contributed by atoms with Gasteiger partial charge in [-0.3, -0.25) is 14.5 Å². The molecule has 0 radical (unpaired) electrons. The lowest BCUT2D eigenvalue weighted by Gasteiger charge is -2.15. The number of thioether (sulfide) groups is 1. The number of hydrogen-bond donors (Lipinski definition) is 0. The number of anilines is 1. The minimum Gasteiger partial charge on any atom is -0.467 e. The van der Waals surface area contributed by atoms with E-state index in [2.05, 4.69) is 17.0 Å². The van der Waals surface area contributed by atoms with Crippen molar-refractivity contribution >= 4 is 40.0 Å². The van der Waals surface area contributed by atoms with Gasteiger partial charge in [0, 0.05) is 24.0 Å². The molecule has 2 aromatic carbocycles. The fraction of sp³-hybridized carbons (Fsp3) is 0.160. The van der Waals surface area contributed by atoms with E-state index in [-0.39, 0.29) is 18.2 Å². The summed E-state index contributed by atoms with van der Waals surface area (Å²) in [5.74, 6) is 0.539. The second kappa shape index (κ2) is 8.51. The first-order valence-corrected chi connectivity index (χ1v) is 11.2. The standard InChI is InChI=1S/C25H21N3O3S/c1-17(29)19-7-4-8-20(14-19)26-25-28(15-21-9-5-13-31-21)24(30)23(32-25)16-27-12-11-18-6-2-3-10-22(18)27/h2-10,13-14,16H,11-12,15H2,1H3/b23-16-,26-25+. The average molecular weight is 444 g/mol. The van der Waals surface area contributed by atoms with Crippen LogP contribution in [0.5, 0.6) is 0 Å². The molecule has 0 N–H and O–H groups in total. The third-order valence-electron chi connectivity index (χ3n) is 5.46. The van der Waals surface area contributed by atoms with Gasteiger partial charge < -0.3 is 9.32 Å². The van der Waals surface area contributed by atoms with E-state index in [1.54, 1.807) is 35.4 Å². The number of para-hydroxylation sites is 1. The fourth-order valence-electron chi connectivity index (χ4n) is 3.82. The van der Waals surface area contributed by atoms with Gasteiger partial charge in [0.2, 0.25) is 0 Å². The molecule has 5 rings (SSSR count). The predicted molar refractivity (Wildman–Crippen MR) is 126 cm³/mol. The Balaban J connectivity index is 1.49. The number of hydrogen-bond acceptors (Lipinski definition) is 6. The third kappa shape index (κ3) is 3.99. The van der Waals surface area contributed by atoms with E-state index in [0.29, 0.717) is 27.1 Å². The van der Waals surface area contributed by atoms with Crippen LogP contribution in [0.15, 0.2) is 87.4 Å². The van der Waals surface area contributed by atoms with Crippen LogP contribution in [-0.4, -0.2) is 28.3 Å². The number of amidine groups is 1. The lowest BCUT2D eigenvalue weighted by Crippen LogP contribution is -2.28. The maximum absolute atomic E-state index is 13.3. The lowest BCUT2D eigenvalue weighted by molar-refractivity contribution is -0.122. The number of rotatable bonds is 5. The molecule has 6 nitrogen and oxygen atoms in total. The first kappa shape index (κ1) is 20.3. The summed E-state index contributed by atoms with van der Waals surface area (Å²) in [6, 6.07) is 19.0. The Bertz CT molecular complexity index is 1250. The van der Waals surface area contributed by atoms with E-state index < -0.39 is 0 Å². The molecule has 1 aromatic heterocycles. The molecule has 3 heterocycles. The van der Waals surface area contributed by atoms with E-state index in [1.807, 2.05) is 30.5 Å². The summed E-state index contributed by atoms with van der Waals surface area (Å²) in [5, 5.41) is 0.561. The van der Waals surface area contributed by atoms with Gasteiger partial charge in [0.15, 0.2) is 11.0 Å². The Hall–Kier alpha value is -3.58. The van der Waals surface area contributed by atoms with Crippen molar-refractivity contribution in [3.05, 3.63) is 94.9 Å². The molecule has 0 atom stereocenters. The van der Waals surface area contributed by atoms with Gasteiger partial charge in [-0.2, -0.15) is 0 Å². The monoisotopic (exact) mass is 443 g/mol. The topological polar surface area (TPSA) is 66.1 Å². The highest BCUT2D eigenvalue weighted by Crippen LogP contribution is 2.36. The largest absolute Gasteiger partial charge is 0.467 e. The fourth-order valence-corrected chi connectivity index (χ4v) is 4.81. The van der Waals surface area contributed by atoms with Gasteiger partial charge >= 0.3 is 0 Å². The van der Waals surface area contributed by atoms with Gasteiger partial charge in [-0.05, 0) is 61.0 Å². The van der Waals surface area contributed by atoms with Crippen LogP contribution in [0.1, 0.15) is 28.6 Å². The summed E-state index contributed by atoms with van der Waals surface area (Å²) in [6.07, 6.45) is 4.46. The molecule has 0 bridgehead atoms. The van der Waals surface area contributed by atoms with Gasteiger partial charge in [0.05, 0.1) is 23.4 Å². The summed E-state index contributed by atoms with van der Waals surface area (Å²) in [4.78, 5) is 34.2. The van der Waals surface area contributed by atoms with Gasteiger partial charge in [-0.1, -0.05) is 30.3 Å². The minimum atomic E-state index is -0.114. The number of fused-ring (bicyclic) bond motifs is 1. The minimum absolute atomic E-state index is 0.0251. The van der Waals surface area contributed by atoms with Crippen LogP contribution < -0.4 is 4.90 Å². The van der Waals surface area contributed by atoms with Crippen molar-refractivity contribution in [1.82, 2.24) is 4.90 Å². The first-order valence-electron chi connectivity index (χ1n) is 10.4. The molecule has 0 aliphatic carbocycles. The van der Waals surface area contributed by atoms with Crippen molar-refractivity contribution in [1.29, 1.82) is 0 Å². The molecule has 160 valence electrons. The maximum Gasteiger partial charge on any atom is 0.268 e. The summed E-state index contributed by atoms with van der Waals surface area (Å²) >= 11 is 1.34. The van der Waals surface area contributed by atoms with Crippen molar-refractivity contribution in [2.75, 3.05) is 11.4 Å². The molecule has 1 saturated heterocycles. The van der Waals surface area contributed by atoms with Gasteiger partial charge in [-0.15, -0.1) is 0 Å². The summed E-state index contributed by atoms with van der Waals surface area (Å²) in [6.45, 7) is 2.65. The van der Waals surface area contributed by atoms with E-state index in [4.69, 9.17) is 9.41 Å². The second-order valence-corrected chi connectivity index (χ2v) is 8.65. The molecular weight excluding hydrogens is 422 g/mol. The van der Waals surface area contributed by atoms with Crippen LogP contribution in [0.4, 0.5) is 11.4 Å². The van der Waals surface area contributed by atoms with Crippen LogP contribution in [0.3, 0.4) is 0 Å². The maximum atomic E-state index is 13.3. The van der Waals surface area contributed by atoms with Crippen LogP contribution in [-0.2, 0) is 17.8 Å². The molecule has 32 heavy (non-hydrogen) atoms. The smallest absolute Gasteiger partial charge is 0.268 e. The van der Waals surface area contributed by atoms with E-state index >= 15 is 0 Å². The molecule has 0 saturated carbocycles. The number of benzene rings is 2. The molecule has 1 amide bonds. The van der Waals surface area contributed by atoms with E-state index in [1.165, 1.54) is 24.2 Å². The molecule has 2 aliphatic heterocycles. The average Bonchev–Trinajstić information content (AvgIpc) is 3.52. The number of carbonyl (C=O) groups is 2. The molecular formula is C25H21N3O3S. The number of nitrogens with zero attached hydrogens (tertiary/aromatic N) is 3. The highest BCUT2D eigenvalue weighted by atomic mass is 32.2. The Morgan fingerprint density at radius 2 is 2.03 bits per heavy atom. The Kier molecular flexibility index (Phi) is 5.41. The van der Waals surface area contributed by atoms with Gasteiger partial charge in [0.1, 0.15) is 5.76 Å². The van der Waals surface area contributed by atoms with Crippen molar-refractivity contribution in [3.8, 4) is 0 Å².